The zero-order valence-corrected chi connectivity index (χ0v) is 18.0. The highest BCUT2D eigenvalue weighted by Crippen LogP contribution is 2.20. The van der Waals surface area contributed by atoms with Crippen LogP contribution < -0.4 is 0 Å². The third-order valence-corrected chi connectivity index (χ3v) is 5.76. The molecule has 0 bridgehead atoms. The van der Waals surface area contributed by atoms with Crippen LogP contribution in [0.5, 0.6) is 0 Å². The van der Waals surface area contributed by atoms with Crippen LogP contribution in [0.1, 0.15) is 106 Å². The summed E-state index contributed by atoms with van der Waals surface area (Å²) in [6.07, 6.45) is 18.3. The monoisotopic (exact) mass is 458 g/mol. The van der Waals surface area contributed by atoms with Gasteiger partial charge in [0, 0.05) is 3.57 Å². The van der Waals surface area contributed by atoms with E-state index in [-0.39, 0.29) is 0 Å². The van der Waals surface area contributed by atoms with Crippen molar-refractivity contribution in [2.75, 3.05) is 0 Å². The molecule has 0 saturated heterocycles. The van der Waals surface area contributed by atoms with Crippen molar-refractivity contribution in [1.82, 2.24) is 0 Å². The molecule has 1 aromatic carbocycles. The van der Waals surface area contributed by atoms with Gasteiger partial charge in [-0.1, -0.05) is 96.1 Å². The highest BCUT2D eigenvalue weighted by Gasteiger charge is 2.13. The Labute approximate surface area is 167 Å². The Balaban J connectivity index is 2.01. The molecule has 0 atom stereocenters. The number of carboxylic acids is 1. The Morgan fingerprint density at radius 3 is 1.80 bits per heavy atom. The number of carbonyl (C=O) groups is 1. The van der Waals surface area contributed by atoms with Crippen LogP contribution in [-0.4, -0.2) is 11.1 Å². The zero-order valence-electron chi connectivity index (χ0n) is 15.9. The summed E-state index contributed by atoms with van der Waals surface area (Å²) in [4.78, 5) is 11.4. The number of aromatic carboxylic acids is 1. The van der Waals surface area contributed by atoms with Gasteiger partial charge in [-0.3, -0.25) is 0 Å². The van der Waals surface area contributed by atoms with Gasteiger partial charge in [0.05, 0.1) is 5.56 Å². The summed E-state index contributed by atoms with van der Waals surface area (Å²) in [5.74, 6) is -0.797. The van der Waals surface area contributed by atoms with Crippen molar-refractivity contribution in [3.8, 4) is 0 Å². The highest BCUT2D eigenvalue weighted by molar-refractivity contribution is 14.1. The van der Waals surface area contributed by atoms with Crippen molar-refractivity contribution in [1.29, 1.82) is 0 Å². The summed E-state index contributed by atoms with van der Waals surface area (Å²) < 4.78 is 0.845. The van der Waals surface area contributed by atoms with Crippen molar-refractivity contribution in [2.24, 2.45) is 0 Å². The van der Waals surface area contributed by atoms with Crippen LogP contribution in [0.2, 0.25) is 0 Å². The van der Waals surface area contributed by atoms with Crippen molar-refractivity contribution >= 4 is 28.6 Å². The Hall–Kier alpha value is -0.580. The Morgan fingerprint density at radius 1 is 0.840 bits per heavy atom. The predicted molar refractivity (Wildman–Crippen MR) is 116 cm³/mol. The van der Waals surface area contributed by atoms with E-state index in [1.807, 2.05) is 18.2 Å². The number of unbranched alkanes of at least 4 members (excludes halogenated alkanes) is 12. The first-order valence-electron chi connectivity index (χ1n) is 10.2. The van der Waals surface area contributed by atoms with Gasteiger partial charge < -0.3 is 5.11 Å². The first-order valence-corrected chi connectivity index (χ1v) is 11.3. The zero-order chi connectivity index (χ0) is 18.3. The van der Waals surface area contributed by atoms with Crippen molar-refractivity contribution in [2.45, 2.75) is 96.8 Å². The van der Waals surface area contributed by atoms with Gasteiger partial charge in [0.25, 0.3) is 0 Å². The summed E-state index contributed by atoms with van der Waals surface area (Å²) in [6.45, 7) is 2.27. The Bertz CT molecular complexity index is 485. The fourth-order valence-electron chi connectivity index (χ4n) is 3.35. The largest absolute Gasteiger partial charge is 0.478 e. The van der Waals surface area contributed by atoms with Gasteiger partial charge >= 0.3 is 5.97 Å². The molecule has 0 aliphatic heterocycles. The Kier molecular flexibility index (Phi) is 13.1. The highest BCUT2D eigenvalue weighted by atomic mass is 127. The number of carboxylic acid groups (broad SMARTS) is 1. The molecule has 0 aliphatic carbocycles. The lowest BCUT2D eigenvalue weighted by molar-refractivity contribution is 0.0694. The summed E-state index contributed by atoms with van der Waals surface area (Å²) in [6, 6.07) is 5.80. The average molecular weight is 458 g/mol. The van der Waals surface area contributed by atoms with E-state index in [1.54, 1.807) is 0 Å². The second-order valence-electron chi connectivity index (χ2n) is 7.07. The van der Waals surface area contributed by atoms with Gasteiger partial charge in [0.1, 0.15) is 0 Å². The van der Waals surface area contributed by atoms with Crippen LogP contribution in [0.25, 0.3) is 0 Å². The molecule has 3 heteroatoms. The molecule has 25 heavy (non-hydrogen) atoms. The molecular weight excluding hydrogens is 423 g/mol. The van der Waals surface area contributed by atoms with Gasteiger partial charge in [0.2, 0.25) is 0 Å². The van der Waals surface area contributed by atoms with Crippen LogP contribution in [0, 0.1) is 3.57 Å². The maximum Gasteiger partial charge on any atom is 0.337 e. The molecule has 0 unspecified atom stereocenters. The van der Waals surface area contributed by atoms with Crippen LogP contribution in [0.4, 0.5) is 0 Å². The molecule has 0 amide bonds. The minimum atomic E-state index is -0.797. The van der Waals surface area contributed by atoms with Gasteiger partial charge in [-0.25, -0.2) is 4.79 Å². The molecule has 0 spiro atoms. The van der Waals surface area contributed by atoms with E-state index >= 15 is 0 Å². The molecule has 0 fully saturated rings. The number of aryl methyl sites for hydroxylation is 1. The third kappa shape index (κ3) is 10.2. The second kappa shape index (κ2) is 14.6. The molecule has 0 heterocycles. The van der Waals surface area contributed by atoms with Crippen LogP contribution in [-0.2, 0) is 6.42 Å². The fraction of sp³-hybridized carbons (Fsp3) is 0.682. The minimum absolute atomic E-state index is 0.502. The van der Waals surface area contributed by atoms with Crippen molar-refractivity contribution in [3.63, 3.8) is 0 Å². The normalized spacial score (nSPS) is 11.0. The number of hydrogen-bond donors (Lipinski definition) is 1. The summed E-state index contributed by atoms with van der Waals surface area (Å²) in [5, 5.41) is 9.35. The molecule has 0 saturated carbocycles. The minimum Gasteiger partial charge on any atom is -0.478 e. The molecule has 142 valence electrons. The number of rotatable bonds is 15. The number of benzene rings is 1. The molecule has 1 aromatic rings. The van der Waals surface area contributed by atoms with Crippen molar-refractivity contribution in [3.05, 3.63) is 32.9 Å². The van der Waals surface area contributed by atoms with E-state index in [0.717, 1.165) is 22.0 Å². The second-order valence-corrected chi connectivity index (χ2v) is 8.23. The molecule has 2 nitrogen and oxygen atoms in total. The molecular formula is C22H35IO2. The van der Waals surface area contributed by atoms with Crippen molar-refractivity contribution < 1.29 is 9.90 Å². The molecule has 0 aliphatic rings. The smallest absolute Gasteiger partial charge is 0.337 e. The lowest BCUT2D eigenvalue weighted by Crippen LogP contribution is -2.05. The molecule has 0 aromatic heterocycles. The van der Waals surface area contributed by atoms with Crippen LogP contribution in [0.15, 0.2) is 18.2 Å². The van der Waals surface area contributed by atoms with E-state index < -0.39 is 5.97 Å². The van der Waals surface area contributed by atoms with E-state index in [4.69, 9.17) is 0 Å². The third-order valence-electron chi connectivity index (χ3n) is 4.86. The number of hydrogen-bond acceptors (Lipinski definition) is 1. The average Bonchev–Trinajstić information content (AvgIpc) is 2.58. The van der Waals surface area contributed by atoms with Gasteiger partial charge in [0.15, 0.2) is 0 Å². The first-order chi connectivity index (χ1) is 12.2. The van der Waals surface area contributed by atoms with E-state index in [2.05, 4.69) is 29.5 Å². The lowest BCUT2D eigenvalue weighted by atomic mass is 10.00. The van der Waals surface area contributed by atoms with Gasteiger partial charge in [-0.15, -0.1) is 0 Å². The summed E-state index contributed by atoms with van der Waals surface area (Å²) in [5.41, 5.74) is 1.49. The maximum atomic E-state index is 11.4. The van der Waals surface area contributed by atoms with E-state index in [9.17, 15) is 9.90 Å². The first kappa shape index (κ1) is 22.5. The van der Waals surface area contributed by atoms with E-state index in [1.165, 1.54) is 77.0 Å². The maximum absolute atomic E-state index is 11.4. The summed E-state index contributed by atoms with van der Waals surface area (Å²) >= 11 is 2.12. The molecule has 0 radical (unpaired) electrons. The SMILES string of the molecule is CCCCCCCCCCCCCCCc1cccc(I)c1C(=O)O. The number of halogens is 1. The predicted octanol–water partition coefficient (Wildman–Crippen LogP) is 7.62. The standard InChI is InChI=1S/C22H35IO2/c1-2-3-4-5-6-7-8-9-10-11-12-13-14-16-19-17-15-18-20(23)21(19)22(24)25/h15,17-18H,2-14,16H2,1H3,(H,24,25). The van der Waals surface area contributed by atoms with Crippen LogP contribution in [0.3, 0.4) is 0 Å². The van der Waals surface area contributed by atoms with E-state index in [0.29, 0.717) is 5.56 Å². The fourth-order valence-corrected chi connectivity index (χ4v) is 4.13. The quantitative estimate of drug-likeness (QED) is 0.217. The summed E-state index contributed by atoms with van der Waals surface area (Å²) in [7, 11) is 0. The van der Waals surface area contributed by atoms with Gasteiger partial charge in [-0.05, 0) is 47.1 Å². The Morgan fingerprint density at radius 2 is 1.32 bits per heavy atom. The topological polar surface area (TPSA) is 37.3 Å². The molecule has 1 N–H and O–H groups in total. The molecule has 1 rings (SSSR count). The van der Waals surface area contributed by atoms with Crippen LogP contribution >= 0.6 is 22.6 Å². The van der Waals surface area contributed by atoms with Gasteiger partial charge in [-0.2, -0.15) is 0 Å². The lowest BCUT2D eigenvalue weighted by Gasteiger charge is -2.08.